The molecule has 0 unspecified atom stereocenters. The summed E-state index contributed by atoms with van der Waals surface area (Å²) in [5, 5.41) is 2.91. The molecule has 0 aliphatic carbocycles. The van der Waals surface area contributed by atoms with E-state index in [2.05, 4.69) is 15.1 Å². The van der Waals surface area contributed by atoms with E-state index in [0.717, 1.165) is 38.4 Å². The van der Waals surface area contributed by atoms with Crippen molar-refractivity contribution >= 4 is 11.6 Å². The van der Waals surface area contributed by atoms with Gasteiger partial charge in [0.1, 0.15) is 18.2 Å². The number of benzene rings is 2. The van der Waals surface area contributed by atoms with Crippen LogP contribution in [-0.4, -0.2) is 61.6 Å². The van der Waals surface area contributed by atoms with Crippen LogP contribution >= 0.6 is 0 Å². The number of carbonyl (C=O) groups is 1. The third-order valence-electron chi connectivity index (χ3n) is 4.36. The van der Waals surface area contributed by atoms with Gasteiger partial charge in [0.05, 0.1) is 6.54 Å². The molecule has 0 spiro atoms. The van der Waals surface area contributed by atoms with Gasteiger partial charge in [0.15, 0.2) is 0 Å². The van der Waals surface area contributed by atoms with Crippen LogP contribution < -0.4 is 10.1 Å². The van der Waals surface area contributed by atoms with E-state index in [-0.39, 0.29) is 11.7 Å². The lowest BCUT2D eigenvalue weighted by Crippen LogP contribution is -2.49. The van der Waals surface area contributed by atoms with Gasteiger partial charge in [-0.05, 0) is 24.3 Å². The Kier molecular flexibility index (Phi) is 6.57. The number of hydrogen-bond donors (Lipinski definition) is 1. The summed E-state index contributed by atoms with van der Waals surface area (Å²) in [5.74, 6) is 0.283. The molecule has 1 saturated heterocycles. The topological polar surface area (TPSA) is 44.8 Å². The second-order valence-electron chi connectivity index (χ2n) is 6.34. The number of anilines is 1. The molecule has 2 aromatic carbocycles. The van der Waals surface area contributed by atoms with E-state index < -0.39 is 0 Å². The maximum absolute atomic E-state index is 13.1. The van der Waals surface area contributed by atoms with Crippen molar-refractivity contribution < 1.29 is 13.9 Å². The number of rotatable bonds is 7. The number of hydrogen-bond acceptors (Lipinski definition) is 4. The zero-order valence-corrected chi connectivity index (χ0v) is 14.7. The highest BCUT2D eigenvalue weighted by Crippen LogP contribution is 2.12. The number of halogens is 1. The lowest BCUT2D eigenvalue weighted by molar-refractivity contribution is -0.117. The second-order valence-corrected chi connectivity index (χ2v) is 6.34. The molecule has 1 aliphatic heterocycles. The molecule has 1 heterocycles. The zero-order valence-electron chi connectivity index (χ0n) is 14.7. The fourth-order valence-corrected chi connectivity index (χ4v) is 2.95. The largest absolute Gasteiger partial charge is 0.492 e. The standard InChI is InChI=1S/C20H24FN3O2/c21-17-5-4-8-19(15-17)26-14-13-23-9-11-24(12-10-23)16-20(25)22-18-6-2-1-3-7-18/h1-8,15H,9-14,16H2,(H,22,25). The fraction of sp³-hybridized carbons (Fsp3) is 0.350. The Hall–Kier alpha value is -2.44. The van der Waals surface area contributed by atoms with Crippen LogP contribution in [0.15, 0.2) is 54.6 Å². The Labute approximate surface area is 153 Å². The van der Waals surface area contributed by atoms with Gasteiger partial charge in [0.2, 0.25) is 5.91 Å². The molecule has 6 heteroatoms. The van der Waals surface area contributed by atoms with Gasteiger partial charge in [0.25, 0.3) is 0 Å². The molecular weight excluding hydrogens is 333 g/mol. The maximum Gasteiger partial charge on any atom is 0.238 e. The Morgan fingerprint density at radius 3 is 2.46 bits per heavy atom. The van der Waals surface area contributed by atoms with E-state index in [1.165, 1.54) is 12.1 Å². The van der Waals surface area contributed by atoms with E-state index in [0.29, 0.717) is 18.9 Å². The highest BCUT2D eigenvalue weighted by Gasteiger charge is 2.18. The molecule has 0 saturated carbocycles. The van der Waals surface area contributed by atoms with Crippen molar-refractivity contribution in [3.8, 4) is 5.75 Å². The van der Waals surface area contributed by atoms with Gasteiger partial charge in [-0.1, -0.05) is 24.3 Å². The van der Waals surface area contributed by atoms with Crippen molar-refractivity contribution in [2.45, 2.75) is 0 Å². The Morgan fingerprint density at radius 2 is 1.73 bits per heavy atom. The summed E-state index contributed by atoms with van der Waals surface area (Å²) in [4.78, 5) is 16.6. The lowest BCUT2D eigenvalue weighted by atomic mass is 10.3. The highest BCUT2D eigenvalue weighted by atomic mass is 19.1. The summed E-state index contributed by atoms with van der Waals surface area (Å²) in [6.45, 7) is 5.21. The average Bonchev–Trinajstić information content (AvgIpc) is 2.64. The minimum atomic E-state index is -0.287. The summed E-state index contributed by atoms with van der Waals surface area (Å²) >= 11 is 0. The van der Waals surface area contributed by atoms with Crippen LogP contribution in [0.3, 0.4) is 0 Å². The predicted molar refractivity (Wildman–Crippen MR) is 99.8 cm³/mol. The molecule has 1 fully saturated rings. The summed E-state index contributed by atoms with van der Waals surface area (Å²) in [6.07, 6.45) is 0. The van der Waals surface area contributed by atoms with E-state index >= 15 is 0 Å². The molecule has 2 aromatic rings. The van der Waals surface area contributed by atoms with Crippen LogP contribution in [0, 0.1) is 5.82 Å². The number of nitrogens with one attached hydrogen (secondary N) is 1. The van der Waals surface area contributed by atoms with Crippen molar-refractivity contribution in [2.75, 3.05) is 51.2 Å². The Morgan fingerprint density at radius 1 is 1.00 bits per heavy atom. The van der Waals surface area contributed by atoms with Crippen LogP contribution in [0.25, 0.3) is 0 Å². The first kappa shape index (κ1) is 18.4. The first-order valence-corrected chi connectivity index (χ1v) is 8.87. The molecular formula is C20H24FN3O2. The summed E-state index contributed by atoms with van der Waals surface area (Å²) in [6, 6.07) is 15.7. The van der Waals surface area contributed by atoms with Crippen molar-refractivity contribution in [1.29, 1.82) is 0 Å². The summed E-state index contributed by atoms with van der Waals surface area (Å²) < 4.78 is 18.7. The third-order valence-corrected chi connectivity index (χ3v) is 4.36. The number of amides is 1. The predicted octanol–water partition coefficient (Wildman–Crippen LogP) is 2.46. The first-order valence-electron chi connectivity index (χ1n) is 8.87. The van der Waals surface area contributed by atoms with Crippen LogP contribution in [0.1, 0.15) is 0 Å². The van der Waals surface area contributed by atoms with Gasteiger partial charge in [0, 0.05) is 44.5 Å². The fourth-order valence-electron chi connectivity index (χ4n) is 2.95. The van der Waals surface area contributed by atoms with Crippen molar-refractivity contribution in [3.63, 3.8) is 0 Å². The minimum Gasteiger partial charge on any atom is -0.492 e. The number of piperazine rings is 1. The Bertz CT molecular complexity index is 703. The summed E-state index contributed by atoms with van der Waals surface area (Å²) in [7, 11) is 0. The number of nitrogens with zero attached hydrogens (tertiary/aromatic N) is 2. The molecule has 0 radical (unpaired) electrons. The van der Waals surface area contributed by atoms with Crippen LogP contribution in [0.5, 0.6) is 5.75 Å². The molecule has 0 bridgehead atoms. The molecule has 0 atom stereocenters. The molecule has 3 rings (SSSR count). The van der Waals surface area contributed by atoms with Crippen LogP contribution in [-0.2, 0) is 4.79 Å². The van der Waals surface area contributed by atoms with E-state index in [4.69, 9.17) is 4.74 Å². The zero-order chi connectivity index (χ0) is 18.2. The maximum atomic E-state index is 13.1. The number of ether oxygens (including phenoxy) is 1. The van der Waals surface area contributed by atoms with Gasteiger partial charge in [-0.3, -0.25) is 14.6 Å². The SMILES string of the molecule is O=C(CN1CCN(CCOc2cccc(F)c2)CC1)Nc1ccccc1. The van der Waals surface area contributed by atoms with E-state index in [9.17, 15) is 9.18 Å². The molecule has 138 valence electrons. The first-order chi connectivity index (χ1) is 12.7. The number of para-hydroxylation sites is 1. The van der Waals surface area contributed by atoms with Gasteiger partial charge in [-0.2, -0.15) is 0 Å². The molecule has 0 aromatic heterocycles. The van der Waals surface area contributed by atoms with Gasteiger partial charge >= 0.3 is 0 Å². The van der Waals surface area contributed by atoms with Crippen molar-refractivity contribution in [2.24, 2.45) is 0 Å². The van der Waals surface area contributed by atoms with Crippen molar-refractivity contribution in [1.82, 2.24) is 9.80 Å². The van der Waals surface area contributed by atoms with Gasteiger partial charge in [-0.15, -0.1) is 0 Å². The lowest BCUT2D eigenvalue weighted by Gasteiger charge is -2.34. The summed E-state index contributed by atoms with van der Waals surface area (Å²) in [5.41, 5.74) is 0.825. The second kappa shape index (κ2) is 9.31. The van der Waals surface area contributed by atoms with E-state index in [1.807, 2.05) is 30.3 Å². The van der Waals surface area contributed by atoms with Crippen LogP contribution in [0.2, 0.25) is 0 Å². The van der Waals surface area contributed by atoms with Crippen LogP contribution in [0.4, 0.5) is 10.1 Å². The third kappa shape index (κ3) is 5.82. The molecule has 26 heavy (non-hydrogen) atoms. The molecule has 1 N–H and O–H groups in total. The smallest absolute Gasteiger partial charge is 0.238 e. The Balaban J connectivity index is 1.33. The normalized spacial score (nSPS) is 15.6. The van der Waals surface area contributed by atoms with Crippen molar-refractivity contribution in [3.05, 3.63) is 60.4 Å². The van der Waals surface area contributed by atoms with Gasteiger partial charge < -0.3 is 10.1 Å². The quantitative estimate of drug-likeness (QED) is 0.827. The monoisotopic (exact) mass is 357 g/mol. The molecule has 5 nitrogen and oxygen atoms in total. The average molecular weight is 357 g/mol. The minimum absolute atomic E-state index is 0.0130. The van der Waals surface area contributed by atoms with E-state index in [1.54, 1.807) is 12.1 Å². The molecule has 1 amide bonds. The number of carbonyl (C=O) groups excluding carboxylic acids is 1. The van der Waals surface area contributed by atoms with Gasteiger partial charge in [-0.25, -0.2) is 4.39 Å². The highest BCUT2D eigenvalue weighted by molar-refractivity contribution is 5.92. The molecule has 1 aliphatic rings.